The molecule has 0 spiro atoms. The molecule has 0 saturated carbocycles. The second-order valence-corrected chi connectivity index (χ2v) is 14.1. The standard InChI is InChI=1S/C26H22N4O2.C16H13ClN4O2.CH4/c1-13-9-16-7-5-6-8-17(16)23(13)26-25-18-11-22(31-4)19(24-14(2)30-32-15(24)3)10-20(18)28-21(25)12-27-29-26;1-7-14(8(2)23-21-7)10-4-11-9(5-13(10)22-3)15-12(19-11)6-18-20-16(15)17;/h5-8,10-12,28H,9H2,1-4H3;4-6,19H,1-3H3;1H4. The molecule has 6 aromatic heterocycles. The second-order valence-electron chi connectivity index (χ2n) is 13.7. The third-order valence-electron chi connectivity index (χ3n) is 10.4. The van der Waals surface area contributed by atoms with Crippen LogP contribution in [-0.2, 0) is 6.42 Å². The summed E-state index contributed by atoms with van der Waals surface area (Å²) >= 11 is 6.20. The van der Waals surface area contributed by atoms with Gasteiger partial charge in [-0.3, -0.25) is 0 Å². The predicted octanol–water partition coefficient (Wildman–Crippen LogP) is 10.5. The van der Waals surface area contributed by atoms with E-state index in [0.29, 0.717) is 5.15 Å². The van der Waals surface area contributed by atoms with Crippen LogP contribution in [0.2, 0.25) is 5.15 Å². The first-order chi connectivity index (χ1) is 26.7. The third-order valence-corrected chi connectivity index (χ3v) is 10.7. The van der Waals surface area contributed by atoms with Gasteiger partial charge in [-0.05, 0) is 76.4 Å². The summed E-state index contributed by atoms with van der Waals surface area (Å²) in [6.07, 6.45) is 4.38. The SMILES string of the molecule is C.COc1cc2c(cc1-c1c(C)noc1C)[nH]c1cnnc(C3=C(C)Cc4ccccc43)c12.COc1cc2c(cc1-c1c(C)noc1C)[nH]c1cnnc(Cl)c12. The van der Waals surface area contributed by atoms with Crippen molar-refractivity contribution < 1.29 is 18.5 Å². The van der Waals surface area contributed by atoms with E-state index in [1.165, 1.54) is 22.3 Å². The van der Waals surface area contributed by atoms with Crippen LogP contribution in [0, 0.1) is 27.7 Å². The molecule has 1 aliphatic rings. The minimum Gasteiger partial charge on any atom is -0.496 e. The number of hydrogen-bond donors (Lipinski definition) is 2. The Morgan fingerprint density at radius 3 is 1.75 bits per heavy atom. The molecule has 0 aliphatic heterocycles. The monoisotopic (exact) mass is 766 g/mol. The van der Waals surface area contributed by atoms with Gasteiger partial charge in [0, 0.05) is 49.3 Å². The van der Waals surface area contributed by atoms with Crippen molar-refractivity contribution in [3.63, 3.8) is 0 Å². The maximum absolute atomic E-state index is 6.20. The predicted molar refractivity (Wildman–Crippen MR) is 219 cm³/mol. The molecule has 0 atom stereocenters. The molecule has 9 aromatic rings. The number of H-pyrrole nitrogens is 2. The summed E-state index contributed by atoms with van der Waals surface area (Å²) in [6.45, 7) is 9.84. The Labute approximate surface area is 326 Å². The van der Waals surface area contributed by atoms with E-state index in [-0.39, 0.29) is 7.43 Å². The van der Waals surface area contributed by atoms with Crippen LogP contribution in [0.3, 0.4) is 0 Å². The van der Waals surface area contributed by atoms with E-state index in [4.69, 9.17) is 30.1 Å². The Morgan fingerprint density at radius 2 is 1.20 bits per heavy atom. The van der Waals surface area contributed by atoms with E-state index in [9.17, 15) is 0 Å². The summed E-state index contributed by atoms with van der Waals surface area (Å²) in [4.78, 5) is 6.86. The van der Waals surface area contributed by atoms with Crippen molar-refractivity contribution in [2.24, 2.45) is 0 Å². The Morgan fingerprint density at radius 1 is 0.661 bits per heavy atom. The quantitative estimate of drug-likeness (QED) is 0.173. The Bertz CT molecular complexity index is 2990. The lowest BCUT2D eigenvalue weighted by Gasteiger charge is -2.10. The molecule has 56 heavy (non-hydrogen) atoms. The largest absolute Gasteiger partial charge is 0.496 e. The summed E-state index contributed by atoms with van der Waals surface area (Å²) < 4.78 is 22.1. The Hall–Kier alpha value is -6.53. The van der Waals surface area contributed by atoms with Gasteiger partial charge in [-0.15, -0.1) is 10.2 Å². The summed E-state index contributed by atoms with van der Waals surface area (Å²) in [5, 5.41) is 29.1. The molecule has 13 heteroatoms. The van der Waals surface area contributed by atoms with E-state index in [1.54, 1.807) is 26.6 Å². The van der Waals surface area contributed by atoms with Gasteiger partial charge in [0.1, 0.15) is 28.7 Å². The van der Waals surface area contributed by atoms with E-state index < -0.39 is 0 Å². The molecule has 0 amide bonds. The fourth-order valence-electron chi connectivity index (χ4n) is 8.03. The van der Waals surface area contributed by atoms with Gasteiger partial charge in [-0.25, -0.2) is 0 Å². The number of aromatic amines is 2. The van der Waals surface area contributed by atoms with Gasteiger partial charge >= 0.3 is 0 Å². The number of benzene rings is 3. The number of fused-ring (bicyclic) bond motifs is 7. The van der Waals surface area contributed by atoms with Crippen LogP contribution in [0.15, 0.2) is 75.5 Å². The lowest BCUT2D eigenvalue weighted by Crippen LogP contribution is -1.95. The normalized spacial score (nSPS) is 12.4. The highest BCUT2D eigenvalue weighted by molar-refractivity contribution is 6.36. The molecular weight excluding hydrogens is 728 g/mol. The van der Waals surface area contributed by atoms with Crippen molar-refractivity contribution in [1.82, 2.24) is 40.7 Å². The van der Waals surface area contributed by atoms with Crippen LogP contribution in [0.25, 0.3) is 71.4 Å². The average molecular weight is 767 g/mol. The van der Waals surface area contributed by atoms with Gasteiger partial charge in [0.15, 0.2) is 5.15 Å². The van der Waals surface area contributed by atoms with E-state index in [1.807, 2.05) is 39.8 Å². The fraction of sp³-hybridized carbons (Fsp3) is 0.209. The number of ether oxygens (including phenoxy) is 2. The topological polar surface area (TPSA) is 154 Å². The Kier molecular flexibility index (Phi) is 9.08. The maximum atomic E-state index is 6.20. The van der Waals surface area contributed by atoms with Gasteiger partial charge < -0.3 is 28.5 Å². The van der Waals surface area contributed by atoms with Crippen LogP contribution in [0.4, 0.5) is 0 Å². The molecule has 10 rings (SSSR count). The number of methoxy groups -OCH3 is 2. The maximum Gasteiger partial charge on any atom is 0.161 e. The fourth-order valence-corrected chi connectivity index (χ4v) is 8.28. The van der Waals surface area contributed by atoms with Gasteiger partial charge in [-0.2, -0.15) is 10.2 Å². The first-order valence-corrected chi connectivity index (χ1v) is 18.0. The molecule has 0 bridgehead atoms. The number of halogens is 1. The van der Waals surface area contributed by atoms with Crippen LogP contribution in [0.5, 0.6) is 11.5 Å². The van der Waals surface area contributed by atoms with Crippen molar-refractivity contribution in [3.05, 3.63) is 111 Å². The molecule has 282 valence electrons. The highest BCUT2D eigenvalue weighted by atomic mass is 35.5. The molecule has 2 N–H and O–H groups in total. The molecule has 1 aliphatic carbocycles. The number of allylic oxidation sites excluding steroid dienone is 1. The van der Waals surface area contributed by atoms with Crippen LogP contribution in [-0.4, -0.2) is 54.9 Å². The molecular formula is C43H39ClN8O4. The van der Waals surface area contributed by atoms with Gasteiger partial charge in [0.25, 0.3) is 0 Å². The van der Waals surface area contributed by atoms with Gasteiger partial charge in [-0.1, -0.05) is 59.2 Å². The lowest BCUT2D eigenvalue weighted by atomic mass is 9.97. The first kappa shape index (κ1) is 36.4. The Balaban J connectivity index is 0.000000163. The zero-order valence-electron chi connectivity index (χ0n) is 31.2. The van der Waals surface area contributed by atoms with Crippen molar-refractivity contribution in [1.29, 1.82) is 0 Å². The lowest BCUT2D eigenvalue weighted by molar-refractivity contribution is 0.393. The first-order valence-electron chi connectivity index (χ1n) is 17.7. The van der Waals surface area contributed by atoms with Gasteiger partial charge in [0.05, 0.1) is 60.2 Å². The van der Waals surface area contributed by atoms with Crippen LogP contribution < -0.4 is 9.47 Å². The molecule has 6 heterocycles. The minimum absolute atomic E-state index is 0. The molecule has 0 unspecified atom stereocenters. The molecule has 0 fully saturated rings. The van der Waals surface area contributed by atoms with Crippen molar-refractivity contribution in [2.75, 3.05) is 14.2 Å². The third kappa shape index (κ3) is 5.67. The summed E-state index contributed by atoms with van der Waals surface area (Å²) in [6, 6.07) is 16.7. The average Bonchev–Trinajstić information content (AvgIpc) is 3.99. The zero-order valence-corrected chi connectivity index (χ0v) is 31.9. The van der Waals surface area contributed by atoms with E-state index in [2.05, 4.69) is 84.0 Å². The van der Waals surface area contributed by atoms with E-state index >= 15 is 0 Å². The number of aromatic nitrogens is 8. The van der Waals surface area contributed by atoms with Crippen molar-refractivity contribution in [3.8, 4) is 33.8 Å². The highest BCUT2D eigenvalue weighted by Crippen LogP contribution is 2.44. The van der Waals surface area contributed by atoms with Crippen molar-refractivity contribution in [2.45, 2.75) is 48.5 Å². The molecule has 3 aromatic carbocycles. The number of nitrogens with one attached hydrogen (secondary N) is 2. The molecule has 0 radical (unpaired) electrons. The summed E-state index contributed by atoms with van der Waals surface area (Å²) in [7, 11) is 3.33. The summed E-state index contributed by atoms with van der Waals surface area (Å²) in [5.74, 6) is 3.01. The molecule has 12 nitrogen and oxygen atoms in total. The van der Waals surface area contributed by atoms with Crippen LogP contribution in [0.1, 0.15) is 54.1 Å². The van der Waals surface area contributed by atoms with Gasteiger partial charge in [0.2, 0.25) is 0 Å². The van der Waals surface area contributed by atoms with Crippen molar-refractivity contribution >= 4 is 60.8 Å². The minimum atomic E-state index is 0. The van der Waals surface area contributed by atoms with Crippen LogP contribution >= 0.6 is 11.6 Å². The number of hydrogen-bond acceptors (Lipinski definition) is 10. The smallest absolute Gasteiger partial charge is 0.161 e. The summed E-state index contributed by atoms with van der Waals surface area (Å²) in [5.41, 5.74) is 15.1. The number of nitrogens with zero attached hydrogens (tertiary/aromatic N) is 6. The van der Waals surface area contributed by atoms with E-state index in [0.717, 1.165) is 112 Å². The second kappa shape index (κ2) is 14.0. The molecule has 0 saturated heterocycles. The highest BCUT2D eigenvalue weighted by Gasteiger charge is 2.26. The zero-order chi connectivity index (χ0) is 38.1. The number of aryl methyl sites for hydroxylation is 4. The number of rotatable bonds is 5.